The van der Waals surface area contributed by atoms with Crippen molar-refractivity contribution in [1.29, 1.82) is 0 Å². The lowest BCUT2D eigenvalue weighted by Gasteiger charge is -2.32. The molecule has 0 bridgehead atoms. The number of rotatable bonds is 5. The van der Waals surface area contributed by atoms with Gasteiger partial charge in [0, 0.05) is 18.7 Å². The van der Waals surface area contributed by atoms with Gasteiger partial charge in [-0.15, -0.1) is 12.4 Å². The van der Waals surface area contributed by atoms with Gasteiger partial charge in [0.05, 0.1) is 0 Å². The largest absolute Gasteiger partial charge is 0.480 e. The van der Waals surface area contributed by atoms with E-state index in [1.165, 1.54) is 24.3 Å². The molecule has 1 atom stereocenters. The topological polar surface area (TPSA) is 69.6 Å². The van der Waals surface area contributed by atoms with E-state index in [9.17, 15) is 14.0 Å². The van der Waals surface area contributed by atoms with Crippen LogP contribution in [0.2, 0.25) is 0 Å². The fraction of sp³-hybridized carbons (Fsp3) is 0.467. The SMILES string of the molecule is Cl.O=C(CCN1CCCCC1C(=O)O)Nc1ccc(F)cc1. The van der Waals surface area contributed by atoms with Crippen molar-refractivity contribution >= 4 is 30.0 Å². The van der Waals surface area contributed by atoms with E-state index >= 15 is 0 Å². The molecule has 2 N–H and O–H groups in total. The molecular weight excluding hydrogens is 311 g/mol. The number of carboxylic acids is 1. The van der Waals surface area contributed by atoms with E-state index < -0.39 is 12.0 Å². The number of nitrogens with zero attached hydrogens (tertiary/aromatic N) is 1. The van der Waals surface area contributed by atoms with Crippen molar-refractivity contribution < 1.29 is 19.1 Å². The molecule has 1 unspecified atom stereocenters. The lowest BCUT2D eigenvalue weighted by Crippen LogP contribution is -2.45. The molecule has 122 valence electrons. The van der Waals surface area contributed by atoms with Crippen molar-refractivity contribution in [3.8, 4) is 0 Å². The van der Waals surface area contributed by atoms with Crippen LogP contribution in [0.5, 0.6) is 0 Å². The van der Waals surface area contributed by atoms with Crippen LogP contribution in [0.15, 0.2) is 24.3 Å². The first kappa shape index (κ1) is 18.4. The monoisotopic (exact) mass is 330 g/mol. The average molecular weight is 331 g/mol. The van der Waals surface area contributed by atoms with Gasteiger partial charge in [0.15, 0.2) is 0 Å². The molecular formula is C15H20ClFN2O3. The number of amides is 1. The highest BCUT2D eigenvalue weighted by Gasteiger charge is 2.28. The maximum Gasteiger partial charge on any atom is 0.320 e. The van der Waals surface area contributed by atoms with Gasteiger partial charge in [-0.25, -0.2) is 4.39 Å². The first-order chi connectivity index (χ1) is 10.1. The number of benzene rings is 1. The Morgan fingerprint density at radius 2 is 1.95 bits per heavy atom. The second kappa shape index (κ2) is 8.70. The van der Waals surface area contributed by atoms with Crippen LogP contribution >= 0.6 is 12.4 Å². The van der Waals surface area contributed by atoms with E-state index in [4.69, 9.17) is 5.11 Å². The van der Waals surface area contributed by atoms with E-state index in [1.54, 1.807) is 0 Å². The number of carbonyl (C=O) groups is 2. The number of halogens is 2. The number of hydrogen-bond acceptors (Lipinski definition) is 3. The Kier molecular flexibility index (Phi) is 7.27. The Morgan fingerprint density at radius 1 is 1.27 bits per heavy atom. The number of carboxylic acid groups (broad SMARTS) is 1. The molecule has 22 heavy (non-hydrogen) atoms. The lowest BCUT2D eigenvalue weighted by molar-refractivity contribution is -0.144. The minimum Gasteiger partial charge on any atom is -0.480 e. The van der Waals surface area contributed by atoms with Crippen LogP contribution in [0.25, 0.3) is 0 Å². The number of anilines is 1. The second-order valence-electron chi connectivity index (χ2n) is 5.19. The van der Waals surface area contributed by atoms with E-state index in [2.05, 4.69) is 5.32 Å². The van der Waals surface area contributed by atoms with Crippen molar-refractivity contribution in [2.45, 2.75) is 31.7 Å². The number of aliphatic carboxylic acids is 1. The van der Waals surface area contributed by atoms with Gasteiger partial charge >= 0.3 is 5.97 Å². The van der Waals surface area contributed by atoms with Crippen LogP contribution in [0.3, 0.4) is 0 Å². The van der Waals surface area contributed by atoms with E-state index in [0.29, 0.717) is 25.2 Å². The van der Waals surface area contributed by atoms with Gasteiger partial charge in [0.25, 0.3) is 0 Å². The summed E-state index contributed by atoms with van der Waals surface area (Å²) in [6, 6.07) is 5.06. The standard InChI is InChI=1S/C15H19FN2O3.ClH/c16-11-4-6-12(7-5-11)17-14(19)8-10-18-9-2-1-3-13(18)15(20)21;/h4-7,13H,1-3,8-10H2,(H,17,19)(H,20,21);1H. The van der Waals surface area contributed by atoms with Crippen molar-refractivity contribution in [2.75, 3.05) is 18.4 Å². The van der Waals surface area contributed by atoms with Gasteiger partial charge in [-0.2, -0.15) is 0 Å². The summed E-state index contributed by atoms with van der Waals surface area (Å²) in [5, 5.41) is 11.8. The van der Waals surface area contributed by atoms with Crippen LogP contribution in [-0.2, 0) is 9.59 Å². The van der Waals surface area contributed by atoms with Crippen LogP contribution in [0, 0.1) is 5.82 Å². The van der Waals surface area contributed by atoms with Gasteiger partial charge in [0.1, 0.15) is 11.9 Å². The van der Waals surface area contributed by atoms with Gasteiger partial charge in [-0.3, -0.25) is 14.5 Å². The molecule has 7 heteroatoms. The van der Waals surface area contributed by atoms with E-state index in [0.717, 1.165) is 12.8 Å². The molecule has 5 nitrogen and oxygen atoms in total. The zero-order valence-electron chi connectivity index (χ0n) is 12.1. The zero-order valence-corrected chi connectivity index (χ0v) is 12.9. The Morgan fingerprint density at radius 3 is 2.59 bits per heavy atom. The Labute approximate surface area is 134 Å². The van der Waals surface area contributed by atoms with Crippen molar-refractivity contribution in [3.63, 3.8) is 0 Å². The van der Waals surface area contributed by atoms with Crippen molar-refractivity contribution in [1.82, 2.24) is 4.90 Å². The Balaban J connectivity index is 0.00000242. The molecule has 1 aromatic rings. The smallest absolute Gasteiger partial charge is 0.320 e. The maximum atomic E-state index is 12.8. The van der Waals surface area contributed by atoms with Gasteiger partial charge in [0.2, 0.25) is 5.91 Å². The molecule has 1 heterocycles. The number of hydrogen-bond donors (Lipinski definition) is 2. The van der Waals surface area contributed by atoms with Crippen molar-refractivity contribution in [2.24, 2.45) is 0 Å². The summed E-state index contributed by atoms with van der Waals surface area (Å²) >= 11 is 0. The average Bonchev–Trinajstić information content (AvgIpc) is 2.48. The predicted molar refractivity (Wildman–Crippen MR) is 83.7 cm³/mol. The number of likely N-dealkylation sites (tertiary alicyclic amines) is 1. The third-order valence-electron chi connectivity index (χ3n) is 3.65. The third-order valence-corrected chi connectivity index (χ3v) is 3.65. The summed E-state index contributed by atoms with van der Waals surface area (Å²) in [7, 11) is 0. The predicted octanol–water partition coefficient (Wildman–Crippen LogP) is 2.52. The summed E-state index contributed by atoms with van der Waals surface area (Å²) in [6.45, 7) is 1.13. The molecule has 1 fully saturated rings. The molecule has 1 amide bonds. The molecule has 1 aromatic carbocycles. The minimum atomic E-state index is -0.825. The van der Waals surface area contributed by atoms with E-state index in [1.807, 2.05) is 4.90 Å². The molecule has 2 rings (SSSR count). The number of piperidine rings is 1. The Bertz CT molecular complexity index is 510. The normalized spacial score (nSPS) is 18.3. The minimum absolute atomic E-state index is 0. The fourth-order valence-corrected chi connectivity index (χ4v) is 2.54. The number of nitrogens with one attached hydrogen (secondary N) is 1. The molecule has 0 spiro atoms. The fourth-order valence-electron chi connectivity index (χ4n) is 2.54. The highest BCUT2D eigenvalue weighted by atomic mass is 35.5. The molecule has 0 aliphatic carbocycles. The molecule has 0 saturated carbocycles. The van der Waals surface area contributed by atoms with Crippen LogP contribution in [0.1, 0.15) is 25.7 Å². The summed E-state index contributed by atoms with van der Waals surface area (Å²) in [5.74, 6) is -1.38. The quantitative estimate of drug-likeness (QED) is 0.870. The lowest BCUT2D eigenvalue weighted by atomic mass is 10.0. The molecule has 0 radical (unpaired) electrons. The molecule has 1 aliphatic rings. The van der Waals surface area contributed by atoms with Gasteiger partial charge in [-0.1, -0.05) is 6.42 Å². The van der Waals surface area contributed by atoms with Crippen LogP contribution < -0.4 is 5.32 Å². The second-order valence-corrected chi connectivity index (χ2v) is 5.19. The Hall–Kier alpha value is -1.66. The van der Waals surface area contributed by atoms with Gasteiger partial charge < -0.3 is 10.4 Å². The molecule has 0 aromatic heterocycles. The molecule has 1 aliphatic heterocycles. The van der Waals surface area contributed by atoms with E-state index in [-0.39, 0.29) is 30.6 Å². The highest BCUT2D eigenvalue weighted by molar-refractivity contribution is 5.90. The molecule has 1 saturated heterocycles. The van der Waals surface area contributed by atoms with Gasteiger partial charge in [-0.05, 0) is 43.7 Å². The summed E-state index contributed by atoms with van der Waals surface area (Å²) in [5.41, 5.74) is 0.537. The maximum absolute atomic E-state index is 12.8. The van der Waals surface area contributed by atoms with Crippen LogP contribution in [-0.4, -0.2) is 41.0 Å². The number of carbonyl (C=O) groups excluding carboxylic acids is 1. The summed E-state index contributed by atoms with van der Waals surface area (Å²) in [4.78, 5) is 24.8. The third kappa shape index (κ3) is 5.27. The van der Waals surface area contributed by atoms with Crippen molar-refractivity contribution in [3.05, 3.63) is 30.1 Å². The first-order valence-electron chi connectivity index (χ1n) is 7.08. The summed E-state index contributed by atoms with van der Waals surface area (Å²) < 4.78 is 12.8. The van der Waals surface area contributed by atoms with Crippen LogP contribution in [0.4, 0.5) is 10.1 Å². The highest BCUT2D eigenvalue weighted by Crippen LogP contribution is 2.17. The first-order valence-corrected chi connectivity index (χ1v) is 7.08. The summed E-state index contributed by atoms with van der Waals surface area (Å²) in [6.07, 6.45) is 2.73. The zero-order chi connectivity index (χ0) is 15.2.